The van der Waals surface area contributed by atoms with E-state index >= 15 is 0 Å². The summed E-state index contributed by atoms with van der Waals surface area (Å²) in [6.07, 6.45) is 1.02. The summed E-state index contributed by atoms with van der Waals surface area (Å²) >= 11 is 0. The number of rotatable bonds is 8. The largest absolute Gasteiger partial charge is 0.497 e. The lowest BCUT2D eigenvalue weighted by Crippen LogP contribution is -2.30. The monoisotopic (exact) mass is 299 g/mol. The van der Waals surface area contributed by atoms with Crippen molar-refractivity contribution in [2.45, 2.75) is 19.4 Å². The number of benzene rings is 2. The number of hydrogen-bond donors (Lipinski definition) is 1. The van der Waals surface area contributed by atoms with Crippen LogP contribution in [0.1, 0.15) is 12.5 Å². The smallest absolute Gasteiger partial charge is 0.118 e. The normalized spacial score (nSPS) is 12.1. The van der Waals surface area contributed by atoms with Crippen LogP contribution >= 0.6 is 0 Å². The molecular weight excluding hydrogens is 274 g/mol. The van der Waals surface area contributed by atoms with E-state index < -0.39 is 0 Å². The number of methoxy groups -OCH3 is 2. The summed E-state index contributed by atoms with van der Waals surface area (Å²) in [4.78, 5) is 0. The summed E-state index contributed by atoms with van der Waals surface area (Å²) in [5.41, 5.74) is 3.78. The molecule has 118 valence electrons. The zero-order valence-electron chi connectivity index (χ0n) is 13.6. The van der Waals surface area contributed by atoms with Crippen molar-refractivity contribution in [2.75, 3.05) is 27.4 Å². The molecule has 22 heavy (non-hydrogen) atoms. The minimum atomic E-state index is 0.446. The highest BCUT2D eigenvalue weighted by atomic mass is 16.5. The van der Waals surface area contributed by atoms with Gasteiger partial charge in [0.15, 0.2) is 0 Å². The van der Waals surface area contributed by atoms with Gasteiger partial charge in [-0.1, -0.05) is 36.4 Å². The molecule has 0 saturated heterocycles. The van der Waals surface area contributed by atoms with Crippen molar-refractivity contribution < 1.29 is 9.47 Å². The Bertz CT molecular complexity index is 549. The fourth-order valence-corrected chi connectivity index (χ4v) is 2.45. The van der Waals surface area contributed by atoms with E-state index in [1.54, 1.807) is 14.2 Å². The molecule has 0 saturated carbocycles. The van der Waals surface area contributed by atoms with Crippen LogP contribution in [-0.2, 0) is 11.2 Å². The van der Waals surface area contributed by atoms with Crippen LogP contribution in [0.25, 0.3) is 11.1 Å². The van der Waals surface area contributed by atoms with Crippen LogP contribution in [0, 0.1) is 0 Å². The number of nitrogens with one attached hydrogen (secondary N) is 1. The van der Waals surface area contributed by atoms with Crippen molar-refractivity contribution in [1.29, 1.82) is 0 Å². The molecule has 3 heteroatoms. The maximum atomic E-state index is 5.19. The van der Waals surface area contributed by atoms with Gasteiger partial charge in [0.1, 0.15) is 5.75 Å². The molecule has 0 aliphatic carbocycles. The van der Waals surface area contributed by atoms with Gasteiger partial charge in [-0.3, -0.25) is 0 Å². The summed E-state index contributed by atoms with van der Waals surface area (Å²) in [6, 6.07) is 17.4. The molecule has 0 spiro atoms. The lowest BCUT2D eigenvalue weighted by Gasteiger charge is -2.14. The second-order valence-electron chi connectivity index (χ2n) is 5.48. The molecule has 2 aromatic carbocycles. The van der Waals surface area contributed by atoms with Gasteiger partial charge in [-0.15, -0.1) is 0 Å². The Labute approximate surface area is 133 Å². The molecule has 2 aromatic rings. The Balaban J connectivity index is 1.94. The zero-order chi connectivity index (χ0) is 15.8. The van der Waals surface area contributed by atoms with Crippen LogP contribution in [0.15, 0.2) is 48.5 Å². The van der Waals surface area contributed by atoms with E-state index in [9.17, 15) is 0 Å². The third-order valence-corrected chi connectivity index (χ3v) is 3.72. The summed E-state index contributed by atoms with van der Waals surface area (Å²) < 4.78 is 10.2. The van der Waals surface area contributed by atoms with Crippen molar-refractivity contribution in [3.05, 3.63) is 54.1 Å². The van der Waals surface area contributed by atoms with Gasteiger partial charge in [0, 0.05) is 19.7 Å². The summed E-state index contributed by atoms with van der Waals surface area (Å²) in [5, 5.41) is 3.45. The summed E-state index contributed by atoms with van der Waals surface area (Å²) in [6.45, 7) is 3.84. The molecule has 2 rings (SSSR count). The summed E-state index contributed by atoms with van der Waals surface area (Å²) in [5.74, 6) is 0.885. The molecule has 0 aliphatic rings. The highest BCUT2D eigenvalue weighted by Gasteiger charge is 2.04. The first kappa shape index (κ1) is 16.5. The summed E-state index contributed by atoms with van der Waals surface area (Å²) in [7, 11) is 3.41. The predicted molar refractivity (Wildman–Crippen MR) is 91.5 cm³/mol. The van der Waals surface area contributed by atoms with E-state index in [0.29, 0.717) is 6.04 Å². The predicted octanol–water partition coefficient (Wildman–Crippen LogP) is 3.53. The van der Waals surface area contributed by atoms with E-state index in [-0.39, 0.29) is 0 Å². The van der Waals surface area contributed by atoms with Crippen molar-refractivity contribution in [2.24, 2.45) is 0 Å². The molecule has 0 aromatic heterocycles. The molecule has 0 radical (unpaired) electrons. The van der Waals surface area contributed by atoms with Crippen molar-refractivity contribution in [3.8, 4) is 16.9 Å². The van der Waals surface area contributed by atoms with Crippen molar-refractivity contribution in [1.82, 2.24) is 5.32 Å². The first-order valence-corrected chi connectivity index (χ1v) is 7.68. The molecule has 0 heterocycles. The number of ether oxygens (including phenoxy) is 2. The number of hydrogen-bond acceptors (Lipinski definition) is 3. The quantitative estimate of drug-likeness (QED) is 0.756. The molecule has 0 bridgehead atoms. The topological polar surface area (TPSA) is 30.5 Å². The highest BCUT2D eigenvalue weighted by molar-refractivity contribution is 5.64. The third kappa shape index (κ3) is 4.86. The van der Waals surface area contributed by atoms with E-state index in [0.717, 1.165) is 25.3 Å². The Morgan fingerprint density at radius 3 is 2.05 bits per heavy atom. The van der Waals surface area contributed by atoms with Gasteiger partial charge in [0.05, 0.1) is 13.7 Å². The van der Waals surface area contributed by atoms with Gasteiger partial charge >= 0.3 is 0 Å². The van der Waals surface area contributed by atoms with Crippen LogP contribution in [0.3, 0.4) is 0 Å². The molecule has 1 N–H and O–H groups in total. The lowest BCUT2D eigenvalue weighted by molar-refractivity contribution is 0.196. The lowest BCUT2D eigenvalue weighted by atomic mass is 10.0. The Morgan fingerprint density at radius 1 is 0.909 bits per heavy atom. The van der Waals surface area contributed by atoms with Gasteiger partial charge in [-0.05, 0) is 42.2 Å². The zero-order valence-corrected chi connectivity index (χ0v) is 13.6. The first-order valence-electron chi connectivity index (χ1n) is 7.68. The minimum Gasteiger partial charge on any atom is -0.497 e. The Morgan fingerprint density at radius 2 is 1.50 bits per heavy atom. The molecule has 3 nitrogen and oxygen atoms in total. The Hall–Kier alpha value is -1.84. The van der Waals surface area contributed by atoms with Gasteiger partial charge in [0.2, 0.25) is 0 Å². The van der Waals surface area contributed by atoms with Gasteiger partial charge in [0.25, 0.3) is 0 Å². The minimum absolute atomic E-state index is 0.446. The second-order valence-corrected chi connectivity index (χ2v) is 5.48. The van der Waals surface area contributed by atoms with Crippen molar-refractivity contribution >= 4 is 0 Å². The molecule has 1 atom stereocenters. The molecule has 0 fully saturated rings. The third-order valence-electron chi connectivity index (χ3n) is 3.72. The molecule has 1 unspecified atom stereocenters. The van der Waals surface area contributed by atoms with Gasteiger partial charge in [-0.25, -0.2) is 0 Å². The van der Waals surface area contributed by atoms with E-state index in [4.69, 9.17) is 9.47 Å². The van der Waals surface area contributed by atoms with E-state index in [2.05, 4.69) is 48.6 Å². The average Bonchev–Trinajstić information content (AvgIpc) is 2.56. The second kappa shape index (κ2) is 8.57. The highest BCUT2D eigenvalue weighted by Crippen LogP contribution is 2.22. The fraction of sp³-hybridized carbons (Fsp3) is 0.368. The van der Waals surface area contributed by atoms with Crippen LogP contribution in [0.4, 0.5) is 0 Å². The Kier molecular flexibility index (Phi) is 6.44. The van der Waals surface area contributed by atoms with E-state index in [1.807, 2.05) is 12.1 Å². The molecular formula is C19H25NO2. The van der Waals surface area contributed by atoms with Crippen LogP contribution < -0.4 is 10.1 Å². The van der Waals surface area contributed by atoms with Gasteiger partial charge < -0.3 is 14.8 Å². The fourth-order valence-electron chi connectivity index (χ4n) is 2.45. The first-order chi connectivity index (χ1) is 10.7. The maximum absolute atomic E-state index is 5.19. The maximum Gasteiger partial charge on any atom is 0.118 e. The molecule has 0 aliphatic heterocycles. The van der Waals surface area contributed by atoms with Crippen LogP contribution in [0.5, 0.6) is 5.75 Å². The van der Waals surface area contributed by atoms with Gasteiger partial charge in [-0.2, -0.15) is 0 Å². The average molecular weight is 299 g/mol. The standard InChI is InChI=1S/C19H25NO2/c1-15(20-12-13-21-2)14-16-4-6-17(7-5-16)18-8-10-19(22-3)11-9-18/h4-11,15,20H,12-14H2,1-3H3. The van der Waals surface area contributed by atoms with Crippen LogP contribution in [-0.4, -0.2) is 33.4 Å². The van der Waals surface area contributed by atoms with Crippen LogP contribution in [0.2, 0.25) is 0 Å². The SMILES string of the molecule is COCCNC(C)Cc1ccc(-c2ccc(OC)cc2)cc1. The van der Waals surface area contributed by atoms with E-state index in [1.165, 1.54) is 16.7 Å². The molecule has 0 amide bonds. The van der Waals surface area contributed by atoms with Crippen molar-refractivity contribution in [3.63, 3.8) is 0 Å².